The van der Waals surface area contributed by atoms with Crippen LogP contribution < -0.4 is 0 Å². The van der Waals surface area contributed by atoms with Gasteiger partial charge in [0, 0.05) is 10.8 Å². The van der Waals surface area contributed by atoms with Gasteiger partial charge in [0.1, 0.15) is 23.3 Å². The largest absolute Gasteiger partial charge is 0.206 e. The lowest BCUT2D eigenvalue weighted by atomic mass is 10.0. The highest BCUT2D eigenvalue weighted by atomic mass is 19.1. The summed E-state index contributed by atoms with van der Waals surface area (Å²) in [6.07, 6.45) is 0. The van der Waals surface area contributed by atoms with Gasteiger partial charge in [0.05, 0.1) is 12.1 Å². The fourth-order valence-electron chi connectivity index (χ4n) is 2.00. The molecule has 88 valence electrons. The SMILES string of the molecule is Fc1[c]c(F)c2ccc3c(F)[c]c(F)cc3c2c1. The van der Waals surface area contributed by atoms with Gasteiger partial charge in [-0.05, 0) is 22.9 Å². The third kappa shape index (κ3) is 1.53. The highest BCUT2D eigenvalue weighted by Gasteiger charge is 2.11. The van der Waals surface area contributed by atoms with Gasteiger partial charge in [0.2, 0.25) is 0 Å². The predicted octanol–water partition coefficient (Wildman–Crippen LogP) is 4.15. The van der Waals surface area contributed by atoms with Crippen molar-refractivity contribution >= 4 is 21.5 Å². The maximum atomic E-state index is 13.5. The Balaban J connectivity index is 2.60. The molecule has 0 heterocycles. The lowest BCUT2D eigenvalue weighted by Gasteiger charge is -2.06. The predicted molar refractivity (Wildman–Crippen MR) is 59.0 cm³/mol. The zero-order valence-corrected chi connectivity index (χ0v) is 8.82. The minimum absolute atomic E-state index is 0.0638. The summed E-state index contributed by atoms with van der Waals surface area (Å²) in [5.41, 5.74) is 0. The summed E-state index contributed by atoms with van der Waals surface area (Å²) in [7, 11) is 0. The first-order chi connectivity index (χ1) is 8.56. The van der Waals surface area contributed by atoms with Gasteiger partial charge in [-0.15, -0.1) is 0 Å². The van der Waals surface area contributed by atoms with Crippen LogP contribution in [0.5, 0.6) is 0 Å². The van der Waals surface area contributed by atoms with E-state index >= 15 is 0 Å². The number of hydrogen-bond acceptors (Lipinski definition) is 0. The second-order valence-corrected chi connectivity index (χ2v) is 3.85. The summed E-state index contributed by atoms with van der Waals surface area (Å²) in [6, 6.07) is 8.36. The molecular weight excluding hydrogens is 244 g/mol. The Hall–Kier alpha value is -2.10. The maximum absolute atomic E-state index is 13.5. The van der Waals surface area contributed by atoms with Crippen LogP contribution in [-0.4, -0.2) is 0 Å². The van der Waals surface area contributed by atoms with Gasteiger partial charge in [-0.25, -0.2) is 17.6 Å². The van der Waals surface area contributed by atoms with E-state index in [1.165, 1.54) is 12.1 Å². The van der Waals surface area contributed by atoms with Crippen molar-refractivity contribution < 1.29 is 17.6 Å². The van der Waals surface area contributed by atoms with Crippen molar-refractivity contribution in [2.24, 2.45) is 0 Å². The quantitative estimate of drug-likeness (QED) is 0.414. The molecule has 0 amide bonds. The van der Waals surface area contributed by atoms with Crippen LogP contribution in [0.4, 0.5) is 17.6 Å². The van der Waals surface area contributed by atoms with Crippen molar-refractivity contribution in [1.82, 2.24) is 0 Å². The van der Waals surface area contributed by atoms with Crippen LogP contribution >= 0.6 is 0 Å². The van der Waals surface area contributed by atoms with Crippen LogP contribution in [0.2, 0.25) is 0 Å². The van der Waals surface area contributed by atoms with Gasteiger partial charge in [-0.2, -0.15) is 0 Å². The van der Waals surface area contributed by atoms with E-state index in [9.17, 15) is 17.6 Å². The number of benzene rings is 3. The molecule has 0 saturated carbocycles. The summed E-state index contributed by atoms with van der Waals surface area (Å²) in [6.45, 7) is 0. The molecule has 0 bridgehead atoms. The fraction of sp³-hybridized carbons (Fsp3) is 0. The normalized spacial score (nSPS) is 11.3. The number of halogens is 4. The van der Waals surface area contributed by atoms with E-state index in [4.69, 9.17) is 0 Å². The molecule has 0 unspecified atom stereocenters. The molecule has 0 aliphatic carbocycles. The average molecular weight is 248 g/mol. The standard InChI is InChI=1S/C14H4F4/c15-7-3-11-9(13(17)5-7)1-2-10-12(11)4-8(16)6-14(10)18/h1-4H. The number of hydrogen-bond donors (Lipinski definition) is 0. The third-order valence-corrected chi connectivity index (χ3v) is 2.76. The Morgan fingerprint density at radius 2 is 1.00 bits per heavy atom. The number of rotatable bonds is 0. The summed E-state index contributed by atoms with van der Waals surface area (Å²) < 4.78 is 53.2. The summed E-state index contributed by atoms with van der Waals surface area (Å²) in [4.78, 5) is 0. The van der Waals surface area contributed by atoms with E-state index in [2.05, 4.69) is 0 Å². The summed E-state index contributed by atoms with van der Waals surface area (Å²) in [5, 5.41) is 0.337. The molecule has 0 nitrogen and oxygen atoms in total. The fourth-order valence-corrected chi connectivity index (χ4v) is 2.00. The molecule has 0 saturated heterocycles. The first kappa shape index (κ1) is 11.0. The van der Waals surface area contributed by atoms with Crippen molar-refractivity contribution in [2.75, 3.05) is 0 Å². The Bertz CT molecular complexity index is 711. The van der Waals surface area contributed by atoms with Crippen LogP contribution in [0.25, 0.3) is 21.5 Å². The molecular formula is C14H4F4. The minimum Gasteiger partial charge on any atom is -0.206 e. The first-order valence-corrected chi connectivity index (χ1v) is 5.07. The van der Waals surface area contributed by atoms with Gasteiger partial charge >= 0.3 is 0 Å². The van der Waals surface area contributed by atoms with Crippen molar-refractivity contribution in [3.05, 3.63) is 59.7 Å². The molecule has 0 atom stereocenters. The molecule has 0 N–H and O–H groups in total. The Morgan fingerprint density at radius 1 is 0.611 bits per heavy atom. The molecule has 3 aromatic rings. The molecule has 0 aromatic heterocycles. The lowest BCUT2D eigenvalue weighted by molar-refractivity contribution is 0.585. The molecule has 4 heteroatoms. The Kier molecular flexibility index (Phi) is 2.26. The zero-order valence-electron chi connectivity index (χ0n) is 8.82. The van der Waals surface area contributed by atoms with Gasteiger partial charge in [0.25, 0.3) is 0 Å². The van der Waals surface area contributed by atoms with Gasteiger partial charge in [-0.3, -0.25) is 0 Å². The first-order valence-electron chi connectivity index (χ1n) is 5.07. The molecule has 0 aliphatic heterocycles. The Morgan fingerprint density at radius 3 is 1.39 bits per heavy atom. The molecule has 3 rings (SSSR count). The van der Waals surface area contributed by atoms with Crippen LogP contribution in [0.3, 0.4) is 0 Å². The lowest BCUT2D eigenvalue weighted by Crippen LogP contribution is -1.89. The summed E-state index contributed by atoms with van der Waals surface area (Å²) >= 11 is 0. The monoisotopic (exact) mass is 248 g/mol. The van der Waals surface area contributed by atoms with Crippen LogP contribution in [-0.2, 0) is 0 Å². The highest BCUT2D eigenvalue weighted by molar-refractivity contribution is 6.07. The topological polar surface area (TPSA) is 0 Å². The van der Waals surface area contributed by atoms with Crippen LogP contribution in [0.15, 0.2) is 24.3 Å². The number of fused-ring (bicyclic) bond motifs is 3. The molecule has 0 aliphatic rings. The van der Waals surface area contributed by atoms with E-state index < -0.39 is 23.3 Å². The average Bonchev–Trinajstić information content (AvgIpc) is 2.28. The van der Waals surface area contributed by atoms with Gasteiger partial charge < -0.3 is 0 Å². The van der Waals surface area contributed by atoms with E-state index in [1.54, 1.807) is 0 Å². The molecule has 3 aromatic carbocycles. The Labute approximate surface area is 99.5 Å². The van der Waals surface area contributed by atoms with Gasteiger partial charge in [-0.1, -0.05) is 12.1 Å². The molecule has 0 fully saturated rings. The molecule has 2 radical (unpaired) electrons. The second-order valence-electron chi connectivity index (χ2n) is 3.85. The molecule has 0 spiro atoms. The third-order valence-electron chi connectivity index (χ3n) is 2.76. The van der Waals surface area contributed by atoms with Crippen molar-refractivity contribution in [1.29, 1.82) is 0 Å². The second kappa shape index (κ2) is 3.70. The van der Waals surface area contributed by atoms with Crippen LogP contribution in [0.1, 0.15) is 0 Å². The summed E-state index contributed by atoms with van der Waals surface area (Å²) in [5.74, 6) is -3.61. The zero-order chi connectivity index (χ0) is 12.9. The maximum Gasteiger partial charge on any atom is 0.142 e. The van der Waals surface area contributed by atoms with E-state index in [-0.39, 0.29) is 21.5 Å². The van der Waals surface area contributed by atoms with Crippen molar-refractivity contribution in [3.63, 3.8) is 0 Å². The van der Waals surface area contributed by atoms with E-state index in [0.29, 0.717) is 0 Å². The molecule has 18 heavy (non-hydrogen) atoms. The van der Waals surface area contributed by atoms with Crippen molar-refractivity contribution in [2.45, 2.75) is 0 Å². The van der Waals surface area contributed by atoms with Crippen LogP contribution in [0, 0.1) is 35.4 Å². The van der Waals surface area contributed by atoms with E-state index in [0.717, 1.165) is 12.1 Å². The smallest absolute Gasteiger partial charge is 0.142 e. The van der Waals surface area contributed by atoms with Gasteiger partial charge in [0.15, 0.2) is 0 Å². The minimum atomic E-state index is -0.916. The van der Waals surface area contributed by atoms with Crippen molar-refractivity contribution in [3.8, 4) is 0 Å². The van der Waals surface area contributed by atoms with E-state index in [1.807, 2.05) is 12.1 Å². The highest BCUT2D eigenvalue weighted by Crippen LogP contribution is 2.29.